The first-order valence-corrected chi connectivity index (χ1v) is 6.87. The average Bonchev–Trinajstić information content (AvgIpc) is 3.21. The van der Waals surface area contributed by atoms with Crippen LogP contribution in [0.2, 0.25) is 0 Å². The van der Waals surface area contributed by atoms with Crippen LogP contribution in [0, 0.1) is 0 Å². The van der Waals surface area contributed by atoms with Crippen molar-refractivity contribution in [3.8, 4) is 5.75 Å². The molecule has 0 saturated carbocycles. The molecule has 0 N–H and O–H groups in total. The van der Waals surface area contributed by atoms with Gasteiger partial charge < -0.3 is 9.47 Å². The van der Waals surface area contributed by atoms with E-state index in [1.165, 1.54) is 18.4 Å². The van der Waals surface area contributed by atoms with E-state index in [1.54, 1.807) is 0 Å². The van der Waals surface area contributed by atoms with Gasteiger partial charge >= 0.3 is 0 Å². The second kappa shape index (κ2) is 7.22. The van der Waals surface area contributed by atoms with Crippen LogP contribution in [0.5, 0.6) is 5.75 Å². The molecule has 2 nitrogen and oxygen atoms in total. The zero-order valence-corrected chi connectivity index (χ0v) is 11.1. The fourth-order valence-corrected chi connectivity index (χ4v) is 1.80. The molecule has 2 rings (SSSR count). The fraction of sp³-hybridized carbons (Fsp3) is 0.500. The van der Waals surface area contributed by atoms with Gasteiger partial charge in [-0.05, 0) is 37.0 Å². The average molecular weight is 246 g/mol. The molecule has 1 heterocycles. The van der Waals surface area contributed by atoms with Crippen LogP contribution in [0.15, 0.2) is 36.4 Å². The highest BCUT2D eigenvalue weighted by atomic mass is 16.6. The molecule has 1 unspecified atom stereocenters. The Labute approximate surface area is 110 Å². The van der Waals surface area contributed by atoms with Crippen molar-refractivity contribution >= 4 is 0 Å². The summed E-state index contributed by atoms with van der Waals surface area (Å²) in [5, 5.41) is 0. The number of benzene rings is 1. The van der Waals surface area contributed by atoms with Crippen LogP contribution in [0.1, 0.15) is 31.7 Å². The molecule has 1 fully saturated rings. The number of epoxide rings is 1. The number of rotatable bonds is 8. The highest BCUT2D eigenvalue weighted by Gasteiger charge is 2.22. The van der Waals surface area contributed by atoms with E-state index in [0.29, 0.717) is 12.7 Å². The molecule has 18 heavy (non-hydrogen) atoms. The normalized spacial score (nSPS) is 18.2. The smallest absolute Gasteiger partial charge is 0.119 e. The van der Waals surface area contributed by atoms with Crippen LogP contribution in [0.3, 0.4) is 0 Å². The summed E-state index contributed by atoms with van der Waals surface area (Å²) in [4.78, 5) is 0. The Morgan fingerprint density at radius 2 is 2.17 bits per heavy atom. The van der Waals surface area contributed by atoms with Gasteiger partial charge in [0.25, 0.3) is 0 Å². The van der Waals surface area contributed by atoms with Crippen LogP contribution in [0.25, 0.3) is 0 Å². The highest BCUT2D eigenvalue weighted by Crippen LogP contribution is 2.17. The molecule has 0 aliphatic carbocycles. The molecule has 0 aromatic heterocycles. The molecule has 1 aromatic rings. The number of aryl methyl sites for hydroxylation is 1. The summed E-state index contributed by atoms with van der Waals surface area (Å²) in [5.41, 5.74) is 1.34. The fourth-order valence-electron chi connectivity index (χ4n) is 1.80. The molecule has 0 radical (unpaired) electrons. The van der Waals surface area contributed by atoms with E-state index < -0.39 is 0 Å². The van der Waals surface area contributed by atoms with Crippen LogP contribution in [0.4, 0.5) is 0 Å². The van der Waals surface area contributed by atoms with E-state index in [9.17, 15) is 0 Å². The van der Waals surface area contributed by atoms with Gasteiger partial charge in [-0.1, -0.05) is 37.6 Å². The predicted octanol–water partition coefficient (Wildman–Crippen LogP) is 3.75. The van der Waals surface area contributed by atoms with Gasteiger partial charge in [0, 0.05) is 0 Å². The lowest BCUT2D eigenvalue weighted by atomic mass is 10.1. The third-order valence-corrected chi connectivity index (χ3v) is 2.96. The van der Waals surface area contributed by atoms with Crippen molar-refractivity contribution in [3.63, 3.8) is 0 Å². The summed E-state index contributed by atoms with van der Waals surface area (Å²) < 4.78 is 10.8. The molecule has 1 atom stereocenters. The Balaban J connectivity index is 1.74. The second-order valence-corrected chi connectivity index (χ2v) is 4.71. The van der Waals surface area contributed by atoms with Gasteiger partial charge in [-0.25, -0.2) is 0 Å². The molecule has 0 amide bonds. The van der Waals surface area contributed by atoms with Crippen molar-refractivity contribution in [1.82, 2.24) is 0 Å². The molecule has 2 heteroatoms. The van der Waals surface area contributed by atoms with Crippen molar-refractivity contribution in [2.24, 2.45) is 0 Å². The molecule has 1 aliphatic rings. The monoisotopic (exact) mass is 246 g/mol. The molecule has 0 bridgehead atoms. The zero-order valence-electron chi connectivity index (χ0n) is 11.1. The first-order valence-electron chi connectivity index (χ1n) is 6.87. The lowest BCUT2D eigenvalue weighted by molar-refractivity contribution is 0.263. The zero-order chi connectivity index (χ0) is 12.6. The van der Waals surface area contributed by atoms with Crippen molar-refractivity contribution < 1.29 is 9.47 Å². The maximum absolute atomic E-state index is 5.67. The highest BCUT2D eigenvalue weighted by molar-refractivity contribution is 5.28. The van der Waals surface area contributed by atoms with E-state index in [1.807, 2.05) is 6.07 Å². The van der Waals surface area contributed by atoms with E-state index in [2.05, 4.69) is 37.3 Å². The van der Waals surface area contributed by atoms with Gasteiger partial charge in [0.1, 0.15) is 18.5 Å². The Bertz CT molecular complexity index is 380. The minimum absolute atomic E-state index is 0.325. The summed E-state index contributed by atoms with van der Waals surface area (Å²) in [6.07, 6.45) is 9.46. The Morgan fingerprint density at radius 3 is 2.94 bits per heavy atom. The number of unbranched alkanes of at least 4 members (excludes halogenated alkanes) is 1. The van der Waals surface area contributed by atoms with E-state index in [-0.39, 0.29) is 0 Å². The van der Waals surface area contributed by atoms with Crippen LogP contribution in [-0.2, 0) is 11.2 Å². The summed E-state index contributed by atoms with van der Waals surface area (Å²) in [5.74, 6) is 0.959. The lowest BCUT2D eigenvalue weighted by Crippen LogP contribution is -2.04. The summed E-state index contributed by atoms with van der Waals surface area (Å²) in [6.45, 7) is 3.73. The second-order valence-electron chi connectivity index (χ2n) is 4.71. The minimum atomic E-state index is 0.325. The first kappa shape index (κ1) is 13.2. The Morgan fingerprint density at radius 1 is 1.33 bits per heavy atom. The molecule has 1 saturated heterocycles. The summed E-state index contributed by atoms with van der Waals surface area (Å²) >= 11 is 0. The largest absolute Gasteiger partial charge is 0.491 e. The quantitative estimate of drug-likeness (QED) is 0.514. The van der Waals surface area contributed by atoms with Crippen LogP contribution >= 0.6 is 0 Å². The third-order valence-electron chi connectivity index (χ3n) is 2.96. The van der Waals surface area contributed by atoms with E-state index in [0.717, 1.165) is 25.2 Å². The number of ether oxygens (including phenoxy) is 2. The molecule has 0 spiro atoms. The summed E-state index contributed by atoms with van der Waals surface area (Å²) in [6, 6.07) is 8.37. The van der Waals surface area contributed by atoms with Gasteiger partial charge in [-0.2, -0.15) is 0 Å². The Hall–Kier alpha value is -1.28. The van der Waals surface area contributed by atoms with Gasteiger partial charge in [0.2, 0.25) is 0 Å². The molecule has 98 valence electrons. The predicted molar refractivity (Wildman–Crippen MR) is 74.0 cm³/mol. The lowest BCUT2D eigenvalue weighted by Gasteiger charge is -2.06. The van der Waals surface area contributed by atoms with Crippen molar-refractivity contribution in [2.75, 3.05) is 13.2 Å². The minimum Gasteiger partial charge on any atom is -0.491 e. The van der Waals surface area contributed by atoms with Gasteiger partial charge in [0.05, 0.1) is 6.61 Å². The number of hydrogen-bond donors (Lipinski definition) is 0. The molecular formula is C16H22O2. The van der Waals surface area contributed by atoms with Crippen molar-refractivity contribution in [2.45, 2.75) is 38.7 Å². The number of allylic oxidation sites excluding steroid dienone is 2. The van der Waals surface area contributed by atoms with E-state index >= 15 is 0 Å². The Kier molecular flexibility index (Phi) is 5.28. The molecular weight excluding hydrogens is 224 g/mol. The van der Waals surface area contributed by atoms with Gasteiger partial charge in [0.15, 0.2) is 0 Å². The summed E-state index contributed by atoms with van der Waals surface area (Å²) in [7, 11) is 0. The van der Waals surface area contributed by atoms with Crippen LogP contribution in [-0.4, -0.2) is 19.3 Å². The van der Waals surface area contributed by atoms with Crippen LogP contribution < -0.4 is 4.74 Å². The van der Waals surface area contributed by atoms with Gasteiger partial charge in [-0.3, -0.25) is 0 Å². The third kappa shape index (κ3) is 4.92. The van der Waals surface area contributed by atoms with Crippen molar-refractivity contribution in [3.05, 3.63) is 42.0 Å². The maximum Gasteiger partial charge on any atom is 0.119 e. The topological polar surface area (TPSA) is 21.8 Å². The standard InChI is InChI=1S/C16H22O2/c1-2-3-4-5-6-8-14-9-7-10-15(11-14)17-12-16-13-18-16/h4-5,7,9-11,16H,2-3,6,8,12-13H2,1H3/b5-4+. The maximum atomic E-state index is 5.67. The molecule has 1 aromatic carbocycles. The SMILES string of the molecule is CCC/C=C/CCc1cccc(OCC2CO2)c1. The van der Waals surface area contributed by atoms with Gasteiger partial charge in [-0.15, -0.1) is 0 Å². The molecule has 1 aliphatic heterocycles. The van der Waals surface area contributed by atoms with Crippen molar-refractivity contribution in [1.29, 1.82) is 0 Å². The first-order chi connectivity index (χ1) is 8.88. The van der Waals surface area contributed by atoms with E-state index in [4.69, 9.17) is 9.47 Å². The number of hydrogen-bond acceptors (Lipinski definition) is 2.